The van der Waals surface area contributed by atoms with Crippen molar-refractivity contribution in [2.75, 3.05) is 6.61 Å². The largest absolute Gasteiger partial charge is 0.465 e. The van der Waals surface area contributed by atoms with Gasteiger partial charge in [0.2, 0.25) is 0 Å². The van der Waals surface area contributed by atoms with E-state index >= 15 is 0 Å². The molecule has 4 heteroatoms. The van der Waals surface area contributed by atoms with E-state index in [4.69, 9.17) is 16.3 Å². The van der Waals surface area contributed by atoms with E-state index in [0.29, 0.717) is 18.1 Å². The molecule has 3 nitrogen and oxygen atoms in total. The number of halogens is 1. The molecule has 118 valence electrons. The van der Waals surface area contributed by atoms with Crippen LogP contribution in [0, 0.1) is 5.92 Å². The second-order valence-corrected chi connectivity index (χ2v) is 6.01. The van der Waals surface area contributed by atoms with Gasteiger partial charge in [-0.3, -0.25) is 9.78 Å². The summed E-state index contributed by atoms with van der Waals surface area (Å²) < 4.78 is 5.29. The molecule has 1 aromatic heterocycles. The molecule has 1 fully saturated rings. The van der Waals surface area contributed by atoms with Crippen molar-refractivity contribution in [3.8, 4) is 0 Å². The molecular weight excluding hydrogens is 310 g/mol. The molecule has 0 amide bonds. The Balaban J connectivity index is 1.87. The molecule has 1 aromatic carbocycles. The normalized spacial score (nSPS) is 23.0. The summed E-state index contributed by atoms with van der Waals surface area (Å²) in [6, 6.07) is 13.3. The van der Waals surface area contributed by atoms with Gasteiger partial charge in [-0.15, -0.1) is 0 Å². The first-order valence-corrected chi connectivity index (χ1v) is 8.07. The van der Waals surface area contributed by atoms with Crippen molar-refractivity contribution in [2.24, 2.45) is 5.92 Å². The zero-order valence-electron chi connectivity index (χ0n) is 12.9. The number of nitrogens with zero attached hydrogens (tertiary/aromatic N) is 1. The highest BCUT2D eigenvalue weighted by atomic mass is 35.5. The number of benzene rings is 1. The van der Waals surface area contributed by atoms with Gasteiger partial charge in [-0.2, -0.15) is 0 Å². The molecule has 0 bridgehead atoms. The first-order valence-electron chi connectivity index (χ1n) is 7.70. The number of hydrogen-bond acceptors (Lipinski definition) is 3. The lowest BCUT2D eigenvalue weighted by molar-refractivity contribution is -0.146. The van der Waals surface area contributed by atoms with Crippen LogP contribution in [0.3, 0.4) is 0 Å². The van der Waals surface area contributed by atoms with Crippen LogP contribution in [0.2, 0.25) is 5.02 Å². The molecule has 1 aliphatic rings. The predicted molar refractivity (Wildman–Crippen MR) is 91.1 cm³/mol. The van der Waals surface area contributed by atoms with Crippen LogP contribution in [0.5, 0.6) is 0 Å². The van der Waals surface area contributed by atoms with Crippen LogP contribution < -0.4 is 0 Å². The van der Waals surface area contributed by atoms with Crippen molar-refractivity contribution in [1.82, 2.24) is 4.98 Å². The number of rotatable bonds is 5. The highest BCUT2D eigenvalue weighted by Gasteiger charge is 2.62. The summed E-state index contributed by atoms with van der Waals surface area (Å²) in [6.45, 7) is 2.19. The molecule has 1 saturated carbocycles. The molecule has 2 aromatic rings. The van der Waals surface area contributed by atoms with Gasteiger partial charge in [0.1, 0.15) is 5.41 Å². The van der Waals surface area contributed by atoms with Crippen molar-refractivity contribution in [1.29, 1.82) is 0 Å². The monoisotopic (exact) mass is 327 g/mol. The van der Waals surface area contributed by atoms with Crippen LogP contribution >= 0.6 is 11.6 Å². The average Bonchev–Trinajstić information content (AvgIpc) is 3.31. The van der Waals surface area contributed by atoms with Gasteiger partial charge in [-0.05, 0) is 37.1 Å². The second-order valence-electron chi connectivity index (χ2n) is 5.60. The molecule has 23 heavy (non-hydrogen) atoms. The summed E-state index contributed by atoms with van der Waals surface area (Å²) in [5.74, 6) is -0.125. The molecule has 3 rings (SSSR count). The minimum Gasteiger partial charge on any atom is -0.465 e. The van der Waals surface area contributed by atoms with Gasteiger partial charge in [0.15, 0.2) is 0 Å². The first kappa shape index (κ1) is 15.8. The molecule has 2 unspecified atom stereocenters. The summed E-state index contributed by atoms with van der Waals surface area (Å²) >= 11 is 6.17. The zero-order chi connectivity index (χ0) is 16.3. The smallest absolute Gasteiger partial charge is 0.318 e. The van der Waals surface area contributed by atoms with Crippen LogP contribution in [-0.2, 0) is 14.9 Å². The second kappa shape index (κ2) is 6.55. The van der Waals surface area contributed by atoms with Gasteiger partial charge in [-0.1, -0.05) is 48.0 Å². The lowest BCUT2D eigenvalue weighted by atomic mass is 9.98. The summed E-state index contributed by atoms with van der Waals surface area (Å²) in [6.07, 6.45) is 6.43. The molecule has 1 aliphatic carbocycles. The van der Waals surface area contributed by atoms with Crippen molar-refractivity contribution < 1.29 is 9.53 Å². The van der Waals surface area contributed by atoms with Gasteiger partial charge < -0.3 is 4.74 Å². The third-order valence-corrected chi connectivity index (χ3v) is 4.53. The third kappa shape index (κ3) is 3.02. The Bertz CT molecular complexity index is 729. The van der Waals surface area contributed by atoms with E-state index in [1.54, 1.807) is 6.20 Å². The maximum Gasteiger partial charge on any atom is 0.318 e. The van der Waals surface area contributed by atoms with Gasteiger partial charge >= 0.3 is 5.97 Å². The average molecular weight is 328 g/mol. The van der Waals surface area contributed by atoms with Crippen molar-refractivity contribution in [3.05, 3.63) is 71.0 Å². The van der Waals surface area contributed by atoms with Gasteiger partial charge in [0.05, 0.1) is 12.3 Å². The van der Waals surface area contributed by atoms with E-state index in [-0.39, 0.29) is 11.9 Å². The third-order valence-electron chi connectivity index (χ3n) is 4.19. The fraction of sp³-hybridized carbons (Fsp3) is 0.263. The van der Waals surface area contributed by atoms with Crippen LogP contribution in [-0.4, -0.2) is 17.6 Å². The standard InChI is InChI=1S/C19H18ClNO2/c1-2-23-18(22)19(17-9-5-6-12-21-17)13-15(19)11-10-14-7-3-4-8-16(14)20/h3-12,15H,2,13H2,1H3/b11-10+. The molecule has 0 N–H and O–H groups in total. The number of ether oxygens (including phenoxy) is 1. The molecule has 2 atom stereocenters. The number of esters is 1. The number of hydrogen-bond donors (Lipinski definition) is 0. The van der Waals surface area contributed by atoms with E-state index < -0.39 is 5.41 Å². The number of aromatic nitrogens is 1. The predicted octanol–water partition coefficient (Wildman–Crippen LogP) is 4.27. The van der Waals surface area contributed by atoms with Crippen molar-refractivity contribution in [2.45, 2.75) is 18.8 Å². The number of allylic oxidation sites excluding steroid dienone is 1. The highest BCUT2D eigenvalue weighted by molar-refractivity contribution is 6.32. The van der Waals surface area contributed by atoms with Crippen LogP contribution in [0.1, 0.15) is 24.6 Å². The van der Waals surface area contributed by atoms with Crippen LogP contribution in [0.4, 0.5) is 0 Å². The summed E-state index contributed by atoms with van der Waals surface area (Å²) in [5, 5.41) is 0.698. The van der Waals surface area contributed by atoms with Crippen molar-refractivity contribution in [3.63, 3.8) is 0 Å². The zero-order valence-corrected chi connectivity index (χ0v) is 13.7. The minimum atomic E-state index is -0.658. The van der Waals surface area contributed by atoms with Crippen LogP contribution in [0.15, 0.2) is 54.7 Å². The molecule has 0 spiro atoms. The fourth-order valence-electron chi connectivity index (χ4n) is 2.87. The Morgan fingerprint density at radius 1 is 1.35 bits per heavy atom. The topological polar surface area (TPSA) is 39.2 Å². The Kier molecular flexibility index (Phi) is 4.49. The Labute approximate surface area is 141 Å². The Morgan fingerprint density at radius 2 is 2.13 bits per heavy atom. The SMILES string of the molecule is CCOC(=O)C1(c2ccccn2)CC1/C=C/c1ccccc1Cl. The maximum absolute atomic E-state index is 12.5. The Hall–Kier alpha value is -2.13. The Morgan fingerprint density at radius 3 is 2.83 bits per heavy atom. The van der Waals surface area contributed by atoms with E-state index in [2.05, 4.69) is 4.98 Å². The molecule has 0 aliphatic heterocycles. The van der Waals surface area contributed by atoms with E-state index in [1.165, 1.54) is 0 Å². The summed E-state index contributed by atoms with van der Waals surface area (Å²) in [5.41, 5.74) is 1.06. The fourth-order valence-corrected chi connectivity index (χ4v) is 3.07. The number of pyridine rings is 1. The maximum atomic E-state index is 12.5. The molecule has 1 heterocycles. The highest BCUT2D eigenvalue weighted by Crippen LogP contribution is 2.55. The van der Waals surface area contributed by atoms with Crippen molar-refractivity contribution >= 4 is 23.6 Å². The summed E-state index contributed by atoms with van der Waals surface area (Å²) in [7, 11) is 0. The van der Waals surface area contributed by atoms with E-state index in [0.717, 1.165) is 11.3 Å². The van der Waals surface area contributed by atoms with Gasteiger partial charge in [0.25, 0.3) is 0 Å². The van der Waals surface area contributed by atoms with E-state index in [1.807, 2.05) is 61.5 Å². The van der Waals surface area contributed by atoms with Gasteiger partial charge in [0, 0.05) is 17.1 Å². The molecule has 0 saturated heterocycles. The van der Waals surface area contributed by atoms with E-state index in [9.17, 15) is 4.79 Å². The molecular formula is C19H18ClNO2. The first-order chi connectivity index (χ1) is 11.2. The number of carbonyl (C=O) groups excluding carboxylic acids is 1. The lowest BCUT2D eigenvalue weighted by Crippen LogP contribution is -2.26. The quantitative estimate of drug-likeness (QED) is 0.770. The minimum absolute atomic E-state index is 0.0766. The van der Waals surface area contributed by atoms with Crippen LogP contribution in [0.25, 0.3) is 6.08 Å². The lowest BCUT2D eigenvalue weighted by Gasteiger charge is -2.14. The molecule has 0 radical (unpaired) electrons. The van der Waals surface area contributed by atoms with Gasteiger partial charge in [-0.25, -0.2) is 0 Å². The number of carbonyl (C=O) groups is 1. The summed E-state index contributed by atoms with van der Waals surface area (Å²) in [4.78, 5) is 16.9.